The fourth-order valence-electron chi connectivity index (χ4n) is 1.41. The second kappa shape index (κ2) is 4.64. The molecule has 6 heteroatoms. The minimum absolute atomic E-state index is 0.0471. The first-order chi connectivity index (χ1) is 7.99. The van der Waals surface area contributed by atoms with Gasteiger partial charge in [0.25, 0.3) is 0 Å². The van der Waals surface area contributed by atoms with Crippen LogP contribution in [0.25, 0.3) is 10.4 Å². The van der Waals surface area contributed by atoms with Crippen LogP contribution in [0.3, 0.4) is 0 Å². The number of carboxylic acid groups (broad SMARTS) is 1. The number of carbonyl (C=O) groups is 1. The van der Waals surface area contributed by atoms with Gasteiger partial charge in [-0.25, -0.2) is 9.78 Å². The van der Waals surface area contributed by atoms with Gasteiger partial charge in [0.2, 0.25) is 0 Å². The molecule has 0 saturated carbocycles. The van der Waals surface area contributed by atoms with Gasteiger partial charge in [-0.2, -0.15) is 0 Å². The van der Waals surface area contributed by atoms with Crippen LogP contribution in [0.1, 0.15) is 15.5 Å². The Labute approximate surface area is 112 Å². The van der Waals surface area contributed by atoms with E-state index in [9.17, 15) is 4.79 Å². The Morgan fingerprint density at radius 2 is 2.06 bits per heavy atom. The molecule has 1 aromatic carbocycles. The summed E-state index contributed by atoms with van der Waals surface area (Å²) in [5.41, 5.74) is 0.758. The second-order valence-corrected chi connectivity index (χ2v) is 5.36. The standard InChI is InChI=1S/C11H7Cl2NO2S/c1-5-14-9(11(15)16)10(17-5)6-2-3-7(12)8(13)4-6/h2-4H,1H3,(H,15,16). The molecule has 0 unspecified atom stereocenters. The molecule has 1 heterocycles. The molecule has 2 rings (SSSR count). The summed E-state index contributed by atoms with van der Waals surface area (Å²) in [5.74, 6) is -1.05. The monoisotopic (exact) mass is 287 g/mol. The van der Waals surface area contributed by atoms with Gasteiger partial charge in [-0.3, -0.25) is 0 Å². The third-order valence-corrected chi connectivity index (χ3v) is 3.88. The Kier molecular flexibility index (Phi) is 3.38. The van der Waals surface area contributed by atoms with Gasteiger partial charge >= 0.3 is 5.97 Å². The first kappa shape index (κ1) is 12.4. The smallest absolute Gasteiger partial charge is 0.356 e. The minimum Gasteiger partial charge on any atom is -0.476 e. The topological polar surface area (TPSA) is 50.2 Å². The molecule has 0 aliphatic carbocycles. The van der Waals surface area contributed by atoms with Crippen LogP contribution in [0, 0.1) is 6.92 Å². The summed E-state index contributed by atoms with van der Waals surface area (Å²) in [6, 6.07) is 5.01. The molecule has 0 bridgehead atoms. The zero-order valence-corrected chi connectivity index (χ0v) is 11.0. The molecule has 1 aromatic heterocycles. The lowest BCUT2D eigenvalue weighted by atomic mass is 10.1. The van der Waals surface area contributed by atoms with Crippen molar-refractivity contribution >= 4 is 40.5 Å². The van der Waals surface area contributed by atoms with E-state index >= 15 is 0 Å². The van der Waals surface area contributed by atoms with Crippen molar-refractivity contribution in [2.24, 2.45) is 0 Å². The lowest BCUT2D eigenvalue weighted by Gasteiger charge is -2.01. The van der Waals surface area contributed by atoms with Crippen LogP contribution in [0.4, 0.5) is 0 Å². The Morgan fingerprint density at radius 1 is 1.35 bits per heavy atom. The Balaban J connectivity index is 2.59. The number of thiazole rings is 1. The number of carboxylic acids is 1. The van der Waals surface area contributed by atoms with Crippen molar-refractivity contribution in [3.05, 3.63) is 38.9 Å². The summed E-state index contributed by atoms with van der Waals surface area (Å²) in [6.07, 6.45) is 0. The molecule has 88 valence electrons. The quantitative estimate of drug-likeness (QED) is 0.904. The van der Waals surface area contributed by atoms with Gasteiger partial charge in [-0.15, -0.1) is 11.3 Å². The van der Waals surface area contributed by atoms with Gasteiger partial charge in [-0.05, 0) is 24.6 Å². The average molecular weight is 288 g/mol. The number of halogens is 2. The van der Waals surface area contributed by atoms with Crippen LogP contribution < -0.4 is 0 Å². The highest BCUT2D eigenvalue weighted by Gasteiger charge is 2.17. The van der Waals surface area contributed by atoms with Gasteiger partial charge in [0.15, 0.2) is 5.69 Å². The fraction of sp³-hybridized carbons (Fsp3) is 0.0909. The summed E-state index contributed by atoms with van der Waals surface area (Å²) >= 11 is 13.0. The minimum atomic E-state index is -1.05. The van der Waals surface area contributed by atoms with E-state index in [2.05, 4.69) is 4.98 Å². The summed E-state index contributed by atoms with van der Waals surface area (Å²) in [6.45, 7) is 1.76. The van der Waals surface area contributed by atoms with E-state index in [1.165, 1.54) is 11.3 Å². The van der Waals surface area contributed by atoms with Crippen LogP contribution in [0.2, 0.25) is 10.0 Å². The first-order valence-corrected chi connectivity index (χ1v) is 6.22. The molecule has 0 amide bonds. The first-order valence-electron chi connectivity index (χ1n) is 4.65. The zero-order chi connectivity index (χ0) is 12.6. The van der Waals surface area contributed by atoms with Crippen molar-refractivity contribution in [3.8, 4) is 10.4 Å². The van der Waals surface area contributed by atoms with Crippen molar-refractivity contribution in [2.45, 2.75) is 6.92 Å². The number of benzene rings is 1. The van der Waals surface area contributed by atoms with Gasteiger partial charge < -0.3 is 5.11 Å². The van der Waals surface area contributed by atoms with Crippen molar-refractivity contribution in [1.29, 1.82) is 0 Å². The highest BCUT2D eigenvalue weighted by molar-refractivity contribution is 7.15. The van der Waals surface area contributed by atoms with E-state index in [4.69, 9.17) is 28.3 Å². The predicted molar refractivity (Wildman–Crippen MR) is 69.3 cm³/mol. The van der Waals surface area contributed by atoms with E-state index in [0.717, 1.165) is 0 Å². The molecule has 0 radical (unpaired) electrons. The maximum absolute atomic E-state index is 11.0. The fourth-order valence-corrected chi connectivity index (χ4v) is 2.61. The molecule has 0 fully saturated rings. The number of aromatic carboxylic acids is 1. The highest BCUT2D eigenvalue weighted by atomic mass is 35.5. The van der Waals surface area contributed by atoms with Gasteiger partial charge in [-0.1, -0.05) is 29.3 Å². The molecule has 1 N–H and O–H groups in total. The predicted octanol–water partition coefficient (Wildman–Crippen LogP) is 4.12. The Bertz CT molecular complexity index is 595. The molecule has 3 nitrogen and oxygen atoms in total. The highest BCUT2D eigenvalue weighted by Crippen LogP contribution is 2.34. The third-order valence-electron chi connectivity index (χ3n) is 2.12. The molecule has 17 heavy (non-hydrogen) atoms. The number of nitrogens with zero attached hydrogens (tertiary/aromatic N) is 1. The molecule has 0 saturated heterocycles. The number of aromatic nitrogens is 1. The van der Waals surface area contributed by atoms with E-state index in [-0.39, 0.29) is 5.69 Å². The second-order valence-electron chi connectivity index (χ2n) is 3.34. The van der Waals surface area contributed by atoms with E-state index in [1.54, 1.807) is 25.1 Å². The van der Waals surface area contributed by atoms with Crippen molar-refractivity contribution in [1.82, 2.24) is 4.98 Å². The average Bonchev–Trinajstić information content (AvgIpc) is 2.64. The Morgan fingerprint density at radius 3 is 2.65 bits per heavy atom. The van der Waals surface area contributed by atoms with Gasteiger partial charge in [0.1, 0.15) is 0 Å². The molecular weight excluding hydrogens is 281 g/mol. The van der Waals surface area contributed by atoms with Crippen molar-refractivity contribution in [3.63, 3.8) is 0 Å². The van der Waals surface area contributed by atoms with Crippen molar-refractivity contribution in [2.75, 3.05) is 0 Å². The number of hydrogen-bond donors (Lipinski definition) is 1. The van der Waals surface area contributed by atoms with Crippen LogP contribution in [-0.4, -0.2) is 16.1 Å². The van der Waals surface area contributed by atoms with Crippen LogP contribution >= 0.6 is 34.5 Å². The maximum atomic E-state index is 11.0. The molecule has 0 spiro atoms. The van der Waals surface area contributed by atoms with E-state index in [1.807, 2.05) is 0 Å². The third kappa shape index (κ3) is 2.44. The van der Waals surface area contributed by atoms with Crippen LogP contribution in [-0.2, 0) is 0 Å². The summed E-state index contributed by atoms with van der Waals surface area (Å²) in [4.78, 5) is 15.6. The van der Waals surface area contributed by atoms with E-state index < -0.39 is 5.97 Å². The SMILES string of the molecule is Cc1nc(C(=O)O)c(-c2ccc(Cl)c(Cl)c2)s1. The largest absolute Gasteiger partial charge is 0.476 e. The van der Waals surface area contributed by atoms with E-state index in [0.29, 0.717) is 25.5 Å². The number of rotatable bonds is 2. The molecule has 0 atom stereocenters. The van der Waals surface area contributed by atoms with Gasteiger partial charge in [0, 0.05) is 0 Å². The van der Waals surface area contributed by atoms with Crippen LogP contribution in [0.15, 0.2) is 18.2 Å². The number of aryl methyl sites for hydroxylation is 1. The zero-order valence-electron chi connectivity index (χ0n) is 8.70. The van der Waals surface area contributed by atoms with Crippen LogP contribution in [0.5, 0.6) is 0 Å². The molecular formula is C11H7Cl2NO2S. The van der Waals surface area contributed by atoms with Gasteiger partial charge in [0.05, 0.1) is 19.9 Å². The molecule has 0 aliphatic heterocycles. The molecule has 2 aromatic rings. The summed E-state index contributed by atoms with van der Waals surface area (Å²) < 4.78 is 0. The lowest BCUT2D eigenvalue weighted by molar-refractivity contribution is 0.0692. The van der Waals surface area contributed by atoms with Crippen molar-refractivity contribution < 1.29 is 9.90 Å². The lowest BCUT2D eigenvalue weighted by Crippen LogP contribution is -1.98. The summed E-state index contributed by atoms with van der Waals surface area (Å²) in [7, 11) is 0. The number of hydrogen-bond acceptors (Lipinski definition) is 3. The maximum Gasteiger partial charge on any atom is 0.356 e. The molecule has 0 aliphatic rings. The normalized spacial score (nSPS) is 10.5. The summed E-state index contributed by atoms with van der Waals surface area (Å²) in [5, 5.41) is 10.6. The Hall–Kier alpha value is -1.10.